The van der Waals surface area contributed by atoms with Gasteiger partial charge in [0.2, 0.25) is 0 Å². The Morgan fingerprint density at radius 1 is 1.53 bits per heavy atom. The molecule has 0 heterocycles. The molecule has 4 heteroatoms. The molecule has 1 aromatic carbocycles. The third-order valence-electron chi connectivity index (χ3n) is 3.14. The van der Waals surface area contributed by atoms with Crippen LogP contribution in [-0.4, -0.2) is 33.9 Å². The largest absolute Gasteiger partial charge is 0.383 e. The van der Waals surface area contributed by atoms with Gasteiger partial charge in [0.1, 0.15) is 0 Å². The quantitative estimate of drug-likeness (QED) is 0.741. The lowest BCUT2D eigenvalue weighted by Gasteiger charge is -2.28. The number of nitrogens with zero attached hydrogens (tertiary/aromatic N) is 1. The number of hydrogen-bond acceptors (Lipinski definition) is 3. The standard InChI is InChI=1S/C15H23BrN2O/c1-5-8-18(9-10-19-4)15-7-6-13(16)11-14(15)12(2)17-3/h5-7,11-12,17H,1,8-10H2,2-4H3. The number of benzene rings is 1. The average Bonchev–Trinajstić information content (AvgIpc) is 2.42. The maximum absolute atomic E-state index is 5.19. The first kappa shape index (κ1) is 16.2. The lowest BCUT2D eigenvalue weighted by atomic mass is 10.1. The molecule has 1 aromatic rings. The number of hydrogen-bond donors (Lipinski definition) is 1. The first-order valence-corrected chi connectivity index (χ1v) is 7.24. The van der Waals surface area contributed by atoms with Crippen molar-refractivity contribution in [3.05, 3.63) is 40.9 Å². The molecule has 19 heavy (non-hydrogen) atoms. The summed E-state index contributed by atoms with van der Waals surface area (Å²) in [7, 11) is 3.70. The van der Waals surface area contributed by atoms with Crippen LogP contribution in [0.15, 0.2) is 35.3 Å². The minimum Gasteiger partial charge on any atom is -0.383 e. The smallest absolute Gasteiger partial charge is 0.0637 e. The summed E-state index contributed by atoms with van der Waals surface area (Å²) in [6.07, 6.45) is 1.92. The van der Waals surface area contributed by atoms with Crippen LogP contribution in [-0.2, 0) is 4.74 Å². The average molecular weight is 327 g/mol. The van der Waals surface area contributed by atoms with Crippen molar-refractivity contribution in [2.24, 2.45) is 0 Å². The van der Waals surface area contributed by atoms with Gasteiger partial charge in [-0.15, -0.1) is 6.58 Å². The van der Waals surface area contributed by atoms with Crippen LogP contribution in [0.1, 0.15) is 18.5 Å². The predicted octanol–water partition coefficient (Wildman–Crippen LogP) is 3.37. The second-order valence-corrected chi connectivity index (χ2v) is 5.36. The summed E-state index contributed by atoms with van der Waals surface area (Å²) in [6, 6.07) is 6.68. The fraction of sp³-hybridized carbons (Fsp3) is 0.467. The monoisotopic (exact) mass is 326 g/mol. The lowest BCUT2D eigenvalue weighted by molar-refractivity contribution is 0.205. The maximum atomic E-state index is 5.19. The van der Waals surface area contributed by atoms with E-state index in [1.54, 1.807) is 7.11 Å². The molecule has 1 unspecified atom stereocenters. The van der Waals surface area contributed by atoms with Gasteiger partial charge in [-0.2, -0.15) is 0 Å². The van der Waals surface area contributed by atoms with Crippen molar-refractivity contribution < 1.29 is 4.74 Å². The van der Waals surface area contributed by atoms with Crippen molar-refractivity contribution in [2.45, 2.75) is 13.0 Å². The van der Waals surface area contributed by atoms with Gasteiger partial charge >= 0.3 is 0 Å². The second-order valence-electron chi connectivity index (χ2n) is 4.44. The first-order valence-electron chi connectivity index (χ1n) is 6.45. The molecule has 0 aliphatic rings. The molecule has 0 fully saturated rings. The zero-order valence-corrected chi connectivity index (χ0v) is 13.5. The molecule has 0 aromatic heterocycles. The van der Waals surface area contributed by atoms with Crippen molar-refractivity contribution in [3.63, 3.8) is 0 Å². The SMILES string of the molecule is C=CCN(CCOC)c1ccc(Br)cc1C(C)NC. The van der Waals surface area contributed by atoms with Crippen LogP contribution in [0.5, 0.6) is 0 Å². The van der Waals surface area contributed by atoms with E-state index in [1.165, 1.54) is 11.3 Å². The molecule has 1 rings (SSSR count). The minimum absolute atomic E-state index is 0.294. The molecule has 0 amide bonds. The van der Waals surface area contributed by atoms with Crippen molar-refractivity contribution in [2.75, 3.05) is 38.8 Å². The highest BCUT2D eigenvalue weighted by molar-refractivity contribution is 9.10. The Kier molecular flexibility index (Phi) is 7.13. The summed E-state index contributed by atoms with van der Waals surface area (Å²) in [5.74, 6) is 0. The normalized spacial score (nSPS) is 12.2. The second kappa shape index (κ2) is 8.35. The molecule has 0 bridgehead atoms. The number of methoxy groups -OCH3 is 1. The summed E-state index contributed by atoms with van der Waals surface area (Å²) in [6.45, 7) is 8.37. The fourth-order valence-corrected chi connectivity index (χ4v) is 2.36. The van der Waals surface area contributed by atoms with Gasteiger partial charge in [-0.3, -0.25) is 0 Å². The molecule has 0 saturated carbocycles. The van der Waals surface area contributed by atoms with E-state index in [2.05, 4.69) is 57.8 Å². The Morgan fingerprint density at radius 3 is 2.84 bits per heavy atom. The number of halogens is 1. The molecule has 0 saturated heterocycles. The fourth-order valence-electron chi connectivity index (χ4n) is 1.98. The Labute approximate surface area is 124 Å². The van der Waals surface area contributed by atoms with Crippen molar-refractivity contribution in [3.8, 4) is 0 Å². The highest BCUT2D eigenvalue weighted by Crippen LogP contribution is 2.29. The molecule has 1 N–H and O–H groups in total. The molecule has 0 aliphatic heterocycles. The molecule has 1 atom stereocenters. The van der Waals surface area contributed by atoms with E-state index in [-0.39, 0.29) is 0 Å². The third-order valence-corrected chi connectivity index (χ3v) is 3.64. The molecule has 0 spiro atoms. The summed E-state index contributed by atoms with van der Waals surface area (Å²) in [5.41, 5.74) is 2.50. The van der Waals surface area contributed by atoms with Crippen LogP contribution >= 0.6 is 15.9 Å². The van der Waals surface area contributed by atoms with Gasteiger partial charge in [0.05, 0.1) is 6.61 Å². The molecule has 3 nitrogen and oxygen atoms in total. The summed E-state index contributed by atoms with van der Waals surface area (Å²) < 4.78 is 6.29. The topological polar surface area (TPSA) is 24.5 Å². The Bertz CT molecular complexity index is 409. The van der Waals surface area contributed by atoms with Crippen LogP contribution in [0.2, 0.25) is 0 Å². The first-order chi connectivity index (χ1) is 9.13. The van der Waals surface area contributed by atoms with Gasteiger partial charge in [-0.25, -0.2) is 0 Å². The molecular formula is C15H23BrN2O. The van der Waals surface area contributed by atoms with Gasteiger partial charge < -0.3 is 15.0 Å². The summed E-state index contributed by atoms with van der Waals surface area (Å²) in [4.78, 5) is 2.28. The maximum Gasteiger partial charge on any atom is 0.0637 e. The highest BCUT2D eigenvalue weighted by Gasteiger charge is 2.14. The third kappa shape index (κ3) is 4.64. The predicted molar refractivity (Wildman–Crippen MR) is 85.9 cm³/mol. The molecule has 106 valence electrons. The Balaban J connectivity index is 3.09. The van der Waals surface area contributed by atoms with E-state index in [4.69, 9.17) is 4.74 Å². The van der Waals surface area contributed by atoms with Gasteiger partial charge in [-0.1, -0.05) is 22.0 Å². The zero-order valence-electron chi connectivity index (χ0n) is 11.9. The van der Waals surface area contributed by atoms with Crippen LogP contribution in [0.25, 0.3) is 0 Å². The van der Waals surface area contributed by atoms with Gasteiger partial charge in [0, 0.05) is 36.4 Å². The minimum atomic E-state index is 0.294. The number of ether oxygens (including phenoxy) is 1. The van der Waals surface area contributed by atoms with E-state index >= 15 is 0 Å². The van der Waals surface area contributed by atoms with Gasteiger partial charge in [-0.05, 0) is 37.7 Å². The van der Waals surface area contributed by atoms with E-state index < -0.39 is 0 Å². The summed E-state index contributed by atoms with van der Waals surface area (Å²) in [5, 5.41) is 3.30. The van der Waals surface area contributed by atoms with Crippen LogP contribution in [0.4, 0.5) is 5.69 Å². The highest BCUT2D eigenvalue weighted by atomic mass is 79.9. The molecular weight excluding hydrogens is 304 g/mol. The van der Waals surface area contributed by atoms with Crippen LogP contribution in [0.3, 0.4) is 0 Å². The van der Waals surface area contributed by atoms with Crippen molar-refractivity contribution in [1.29, 1.82) is 0 Å². The molecule has 0 aliphatic carbocycles. The van der Waals surface area contributed by atoms with Crippen molar-refractivity contribution in [1.82, 2.24) is 5.32 Å². The van der Waals surface area contributed by atoms with E-state index in [0.717, 1.165) is 17.6 Å². The van der Waals surface area contributed by atoms with Crippen LogP contribution in [0, 0.1) is 0 Å². The van der Waals surface area contributed by atoms with Gasteiger partial charge in [0.15, 0.2) is 0 Å². The summed E-state index contributed by atoms with van der Waals surface area (Å²) >= 11 is 3.54. The van der Waals surface area contributed by atoms with Gasteiger partial charge in [0.25, 0.3) is 0 Å². The van der Waals surface area contributed by atoms with E-state index in [1.807, 2.05) is 13.1 Å². The molecule has 0 radical (unpaired) electrons. The lowest BCUT2D eigenvalue weighted by Crippen LogP contribution is -2.29. The Morgan fingerprint density at radius 2 is 2.26 bits per heavy atom. The number of nitrogens with one attached hydrogen (secondary N) is 1. The number of rotatable bonds is 8. The van der Waals surface area contributed by atoms with E-state index in [9.17, 15) is 0 Å². The van der Waals surface area contributed by atoms with E-state index in [0.29, 0.717) is 12.6 Å². The van der Waals surface area contributed by atoms with Crippen LogP contribution < -0.4 is 10.2 Å². The zero-order chi connectivity index (χ0) is 14.3. The number of anilines is 1. The Hall–Kier alpha value is -0.840. The van der Waals surface area contributed by atoms with Crippen molar-refractivity contribution >= 4 is 21.6 Å².